The third-order valence-corrected chi connectivity index (χ3v) is 2.27. The lowest BCUT2D eigenvalue weighted by molar-refractivity contribution is -0.123. The lowest BCUT2D eigenvalue weighted by Gasteiger charge is -2.23. The number of rotatable bonds is 3. The van der Waals surface area contributed by atoms with Gasteiger partial charge in [-0.1, -0.05) is 18.2 Å². The van der Waals surface area contributed by atoms with Crippen LogP contribution in [0.4, 0.5) is 10.5 Å². The quantitative estimate of drug-likeness (QED) is 0.781. The molecule has 0 radical (unpaired) electrons. The molecule has 5 heteroatoms. The average molecular weight is 263 g/mol. The smallest absolute Gasteiger partial charge is 0.319 e. The predicted octanol–water partition coefficient (Wildman–Crippen LogP) is 2.11. The van der Waals surface area contributed by atoms with Crippen LogP contribution in [-0.4, -0.2) is 23.5 Å². The van der Waals surface area contributed by atoms with E-state index < -0.39 is 12.1 Å². The molecule has 0 bridgehead atoms. The van der Waals surface area contributed by atoms with E-state index in [1.54, 1.807) is 19.1 Å². The molecular weight excluding hydrogens is 242 g/mol. The Morgan fingerprint density at radius 3 is 2.21 bits per heavy atom. The number of carbonyl (C=O) groups is 2. The Morgan fingerprint density at radius 2 is 1.68 bits per heavy atom. The van der Waals surface area contributed by atoms with Crippen molar-refractivity contribution in [1.82, 2.24) is 10.6 Å². The molecule has 0 aliphatic carbocycles. The van der Waals surface area contributed by atoms with E-state index >= 15 is 0 Å². The van der Waals surface area contributed by atoms with E-state index in [0.717, 1.165) is 0 Å². The lowest BCUT2D eigenvalue weighted by Crippen LogP contribution is -2.51. The third-order valence-electron chi connectivity index (χ3n) is 2.27. The molecule has 0 spiro atoms. The fraction of sp³-hybridized carbons (Fsp3) is 0.429. The minimum atomic E-state index is -0.595. The van der Waals surface area contributed by atoms with Crippen LogP contribution in [0.15, 0.2) is 30.3 Å². The maximum atomic E-state index is 11.8. The van der Waals surface area contributed by atoms with Gasteiger partial charge in [0.15, 0.2) is 0 Å². The molecule has 0 heterocycles. The topological polar surface area (TPSA) is 70.2 Å². The molecule has 0 aliphatic rings. The Kier molecular flexibility index (Phi) is 4.92. The summed E-state index contributed by atoms with van der Waals surface area (Å²) in [6.45, 7) is 7.32. The SMILES string of the molecule is C[C@@H](NC(=O)Nc1ccccc1)C(=O)NC(C)(C)C. The predicted molar refractivity (Wildman–Crippen MR) is 76.0 cm³/mol. The zero-order valence-electron chi connectivity index (χ0n) is 11.8. The first-order valence-electron chi connectivity index (χ1n) is 6.22. The minimum Gasteiger partial charge on any atom is -0.350 e. The fourth-order valence-corrected chi connectivity index (χ4v) is 1.43. The Labute approximate surface area is 113 Å². The van der Waals surface area contributed by atoms with Crippen molar-refractivity contribution in [2.45, 2.75) is 39.3 Å². The first-order valence-corrected chi connectivity index (χ1v) is 6.22. The normalized spacial score (nSPS) is 12.4. The highest BCUT2D eigenvalue weighted by Crippen LogP contribution is 2.04. The van der Waals surface area contributed by atoms with Crippen LogP contribution in [0, 0.1) is 0 Å². The van der Waals surface area contributed by atoms with E-state index in [9.17, 15) is 9.59 Å². The minimum absolute atomic E-state index is 0.212. The van der Waals surface area contributed by atoms with Crippen LogP contribution in [0.1, 0.15) is 27.7 Å². The van der Waals surface area contributed by atoms with Crippen LogP contribution in [0.25, 0.3) is 0 Å². The maximum absolute atomic E-state index is 11.8. The van der Waals surface area contributed by atoms with E-state index in [1.165, 1.54) is 0 Å². The maximum Gasteiger partial charge on any atom is 0.319 e. The van der Waals surface area contributed by atoms with Crippen molar-refractivity contribution in [3.05, 3.63) is 30.3 Å². The molecule has 1 rings (SSSR count). The van der Waals surface area contributed by atoms with Crippen molar-refractivity contribution in [3.63, 3.8) is 0 Å². The van der Waals surface area contributed by atoms with E-state index in [-0.39, 0.29) is 11.4 Å². The van der Waals surface area contributed by atoms with Gasteiger partial charge in [-0.3, -0.25) is 4.79 Å². The number of nitrogens with one attached hydrogen (secondary N) is 3. The molecule has 104 valence electrons. The van der Waals surface area contributed by atoms with Gasteiger partial charge in [0.05, 0.1) is 0 Å². The van der Waals surface area contributed by atoms with Gasteiger partial charge in [0.2, 0.25) is 5.91 Å². The summed E-state index contributed by atoms with van der Waals surface area (Å²) in [6, 6.07) is 8.07. The second-order valence-corrected chi connectivity index (χ2v) is 5.43. The molecule has 3 N–H and O–H groups in total. The molecule has 1 atom stereocenters. The Morgan fingerprint density at radius 1 is 1.11 bits per heavy atom. The summed E-state index contributed by atoms with van der Waals surface area (Å²) >= 11 is 0. The van der Waals surface area contributed by atoms with Gasteiger partial charge >= 0.3 is 6.03 Å². The van der Waals surface area contributed by atoms with E-state index in [2.05, 4.69) is 16.0 Å². The molecule has 1 aromatic carbocycles. The number of urea groups is 1. The largest absolute Gasteiger partial charge is 0.350 e. The van der Waals surface area contributed by atoms with Gasteiger partial charge in [-0.15, -0.1) is 0 Å². The molecule has 0 saturated heterocycles. The van der Waals surface area contributed by atoms with Crippen LogP contribution in [0.5, 0.6) is 0 Å². The van der Waals surface area contributed by atoms with Gasteiger partial charge in [-0.05, 0) is 39.8 Å². The molecule has 0 unspecified atom stereocenters. The van der Waals surface area contributed by atoms with Crippen molar-refractivity contribution in [1.29, 1.82) is 0 Å². The van der Waals surface area contributed by atoms with Gasteiger partial charge in [0, 0.05) is 11.2 Å². The first kappa shape index (κ1) is 15.0. The summed E-state index contributed by atoms with van der Waals surface area (Å²) < 4.78 is 0. The van der Waals surface area contributed by atoms with Crippen LogP contribution < -0.4 is 16.0 Å². The first-order chi connectivity index (χ1) is 8.78. The number of benzene rings is 1. The molecule has 1 aromatic rings. The van der Waals surface area contributed by atoms with E-state index in [1.807, 2.05) is 39.0 Å². The van der Waals surface area contributed by atoms with Crippen LogP contribution in [0.2, 0.25) is 0 Å². The van der Waals surface area contributed by atoms with Gasteiger partial charge in [0.25, 0.3) is 0 Å². The van der Waals surface area contributed by atoms with Crippen molar-refractivity contribution in [2.75, 3.05) is 5.32 Å². The zero-order valence-corrected chi connectivity index (χ0v) is 11.8. The summed E-state index contributed by atoms with van der Waals surface area (Å²) in [6.07, 6.45) is 0. The number of hydrogen-bond acceptors (Lipinski definition) is 2. The van der Waals surface area contributed by atoms with E-state index in [4.69, 9.17) is 0 Å². The summed E-state index contributed by atoms with van der Waals surface area (Å²) in [4.78, 5) is 23.5. The van der Waals surface area contributed by atoms with Gasteiger partial charge in [-0.2, -0.15) is 0 Å². The third kappa shape index (κ3) is 5.90. The standard InChI is InChI=1S/C14H21N3O2/c1-10(12(18)17-14(2,3)4)15-13(19)16-11-8-6-5-7-9-11/h5-10H,1-4H3,(H,17,18)(H2,15,16,19)/t10-/m1/s1. The fourth-order valence-electron chi connectivity index (χ4n) is 1.43. The highest BCUT2D eigenvalue weighted by atomic mass is 16.2. The monoisotopic (exact) mass is 263 g/mol. The van der Waals surface area contributed by atoms with Crippen molar-refractivity contribution in [3.8, 4) is 0 Å². The molecule has 5 nitrogen and oxygen atoms in total. The summed E-state index contributed by atoms with van der Waals surface area (Å²) in [5.41, 5.74) is 0.367. The second kappa shape index (κ2) is 6.22. The molecular formula is C14H21N3O2. The number of para-hydroxylation sites is 1. The van der Waals surface area contributed by atoms with Gasteiger partial charge < -0.3 is 16.0 Å². The highest BCUT2D eigenvalue weighted by molar-refractivity contribution is 5.93. The Hall–Kier alpha value is -2.04. The molecule has 3 amide bonds. The van der Waals surface area contributed by atoms with Gasteiger partial charge in [0.1, 0.15) is 6.04 Å². The molecule has 0 aliphatic heterocycles. The number of carbonyl (C=O) groups excluding carboxylic acids is 2. The van der Waals surface area contributed by atoms with E-state index in [0.29, 0.717) is 5.69 Å². The highest BCUT2D eigenvalue weighted by Gasteiger charge is 2.20. The summed E-state index contributed by atoms with van der Waals surface area (Å²) in [7, 11) is 0. The van der Waals surface area contributed by atoms with Gasteiger partial charge in [-0.25, -0.2) is 4.79 Å². The van der Waals surface area contributed by atoms with Crippen LogP contribution in [-0.2, 0) is 4.79 Å². The molecule has 0 aromatic heterocycles. The Bertz CT molecular complexity index is 438. The van der Waals surface area contributed by atoms with Crippen molar-refractivity contribution in [2.24, 2.45) is 0 Å². The van der Waals surface area contributed by atoms with Crippen molar-refractivity contribution >= 4 is 17.6 Å². The molecule has 0 fully saturated rings. The second-order valence-electron chi connectivity index (χ2n) is 5.43. The molecule has 0 saturated carbocycles. The van der Waals surface area contributed by atoms with Crippen LogP contribution >= 0.6 is 0 Å². The average Bonchev–Trinajstić information content (AvgIpc) is 2.27. The molecule has 19 heavy (non-hydrogen) atoms. The summed E-state index contributed by atoms with van der Waals surface area (Å²) in [5.74, 6) is -0.212. The van der Waals surface area contributed by atoms with Crippen molar-refractivity contribution < 1.29 is 9.59 Å². The van der Waals surface area contributed by atoms with Crippen LogP contribution in [0.3, 0.4) is 0 Å². The number of hydrogen-bond donors (Lipinski definition) is 3. The lowest BCUT2D eigenvalue weighted by atomic mass is 10.1. The zero-order chi connectivity index (χ0) is 14.5. The number of anilines is 1. The number of amides is 3. The summed E-state index contributed by atoms with van der Waals surface area (Å²) in [5, 5.41) is 8.06. The Balaban J connectivity index is 2.46.